The molecule has 0 aliphatic rings. The fourth-order valence-corrected chi connectivity index (χ4v) is 1.88. The van der Waals surface area contributed by atoms with Crippen molar-refractivity contribution < 1.29 is 8.78 Å². The second-order valence-corrected chi connectivity index (χ2v) is 4.66. The molecule has 0 saturated carbocycles. The number of nitrogens with zero attached hydrogens (tertiary/aromatic N) is 2. The molecule has 0 aliphatic carbocycles. The molecule has 6 heteroatoms. The smallest absolute Gasteiger partial charge is 0.152 e. The van der Waals surface area contributed by atoms with Gasteiger partial charge in [-0.1, -0.05) is 0 Å². The average molecular weight is 355 g/mol. The van der Waals surface area contributed by atoms with Gasteiger partial charge < -0.3 is 0 Å². The van der Waals surface area contributed by atoms with E-state index >= 15 is 0 Å². The first-order valence-corrected chi connectivity index (χ1v) is 5.97. The summed E-state index contributed by atoms with van der Waals surface area (Å²) in [6.45, 7) is 0. The fraction of sp³-hybridized carbons (Fsp3) is 0.100. The van der Waals surface area contributed by atoms with Gasteiger partial charge in [0.25, 0.3) is 0 Å². The zero-order valence-electron chi connectivity index (χ0n) is 7.92. The van der Waals surface area contributed by atoms with Crippen molar-refractivity contribution in [1.82, 2.24) is 9.78 Å². The van der Waals surface area contributed by atoms with Crippen LogP contribution in [0.2, 0.25) is 0 Å². The molecule has 0 spiro atoms. The van der Waals surface area contributed by atoms with Crippen molar-refractivity contribution in [1.29, 1.82) is 0 Å². The van der Waals surface area contributed by atoms with E-state index in [9.17, 15) is 8.78 Å². The SMILES string of the molecule is Fc1cc(CCl)cc(F)c1-n1cc(I)cn1. The van der Waals surface area contributed by atoms with Crippen LogP contribution in [0.25, 0.3) is 5.69 Å². The highest BCUT2D eigenvalue weighted by molar-refractivity contribution is 14.1. The van der Waals surface area contributed by atoms with E-state index in [0.29, 0.717) is 5.56 Å². The lowest BCUT2D eigenvalue weighted by Crippen LogP contribution is -2.03. The molecule has 1 aromatic carbocycles. The van der Waals surface area contributed by atoms with Crippen LogP contribution in [0, 0.1) is 15.2 Å². The summed E-state index contributed by atoms with van der Waals surface area (Å²) in [6, 6.07) is 2.42. The summed E-state index contributed by atoms with van der Waals surface area (Å²) in [4.78, 5) is 0. The molecule has 0 atom stereocenters. The van der Waals surface area contributed by atoms with Gasteiger partial charge in [0, 0.05) is 12.1 Å². The summed E-state index contributed by atoms with van der Waals surface area (Å²) in [5.41, 5.74) is 0.221. The van der Waals surface area contributed by atoms with Crippen LogP contribution in [-0.2, 0) is 5.88 Å². The van der Waals surface area contributed by atoms with E-state index in [1.165, 1.54) is 23.0 Å². The van der Waals surface area contributed by atoms with Gasteiger partial charge in [-0.15, -0.1) is 11.6 Å². The Labute approximate surface area is 109 Å². The molecule has 0 saturated heterocycles. The van der Waals surface area contributed by atoms with Crippen LogP contribution >= 0.6 is 34.2 Å². The minimum atomic E-state index is -0.671. The van der Waals surface area contributed by atoms with Gasteiger partial charge in [0.05, 0.1) is 9.77 Å². The predicted molar refractivity (Wildman–Crippen MR) is 65.8 cm³/mol. The third-order valence-electron chi connectivity index (χ3n) is 2.01. The summed E-state index contributed by atoms with van der Waals surface area (Å²) >= 11 is 7.53. The standard InChI is InChI=1S/C10H6ClF2IN2/c11-3-6-1-8(12)10(9(13)2-6)16-5-7(14)4-15-16/h1-2,4-5H,3H2. The third-order valence-corrected chi connectivity index (χ3v) is 2.88. The summed E-state index contributed by atoms with van der Waals surface area (Å²) < 4.78 is 29.2. The quantitative estimate of drug-likeness (QED) is 0.596. The number of hydrogen-bond acceptors (Lipinski definition) is 1. The van der Waals surface area contributed by atoms with Crippen LogP contribution in [0.5, 0.6) is 0 Å². The number of aromatic nitrogens is 2. The maximum Gasteiger partial charge on any atom is 0.152 e. The highest BCUT2D eigenvalue weighted by Crippen LogP contribution is 2.20. The normalized spacial score (nSPS) is 10.8. The molecule has 2 rings (SSSR count). The Hall–Kier alpha value is -0.690. The van der Waals surface area contributed by atoms with Gasteiger partial charge in [0.15, 0.2) is 11.6 Å². The van der Waals surface area contributed by atoms with Crippen molar-refractivity contribution in [2.45, 2.75) is 5.88 Å². The van der Waals surface area contributed by atoms with Crippen LogP contribution < -0.4 is 0 Å². The molecule has 0 fully saturated rings. The van der Waals surface area contributed by atoms with Crippen molar-refractivity contribution in [3.8, 4) is 5.69 Å². The number of halogens is 4. The molecule has 0 N–H and O–H groups in total. The Morgan fingerprint density at radius 1 is 1.31 bits per heavy atom. The maximum absolute atomic E-state index is 13.6. The molecular weight excluding hydrogens is 348 g/mol. The van der Waals surface area contributed by atoms with Gasteiger partial charge in [-0.05, 0) is 40.3 Å². The van der Waals surface area contributed by atoms with Crippen molar-refractivity contribution in [3.05, 3.63) is 45.3 Å². The molecule has 1 aromatic heterocycles. The molecule has 0 bridgehead atoms. The summed E-state index contributed by atoms with van der Waals surface area (Å²) in [7, 11) is 0. The van der Waals surface area contributed by atoms with E-state index in [0.717, 1.165) is 3.57 Å². The van der Waals surface area contributed by atoms with Crippen LogP contribution in [0.15, 0.2) is 24.5 Å². The van der Waals surface area contributed by atoms with E-state index in [-0.39, 0.29) is 11.6 Å². The van der Waals surface area contributed by atoms with Gasteiger partial charge in [-0.2, -0.15) is 5.10 Å². The molecule has 0 aliphatic heterocycles. The van der Waals surface area contributed by atoms with E-state index < -0.39 is 11.6 Å². The highest BCUT2D eigenvalue weighted by Gasteiger charge is 2.13. The van der Waals surface area contributed by atoms with Crippen molar-refractivity contribution >= 4 is 34.2 Å². The molecule has 0 radical (unpaired) electrons. The highest BCUT2D eigenvalue weighted by atomic mass is 127. The summed E-state index contributed by atoms with van der Waals surface area (Å²) in [6.07, 6.45) is 3.07. The first-order valence-electron chi connectivity index (χ1n) is 4.36. The minimum absolute atomic E-state index is 0.0742. The first kappa shape index (κ1) is 11.8. The lowest BCUT2D eigenvalue weighted by atomic mass is 10.2. The third kappa shape index (κ3) is 2.20. The van der Waals surface area contributed by atoms with Crippen molar-refractivity contribution in [3.63, 3.8) is 0 Å². The largest absolute Gasteiger partial charge is 0.234 e. The molecule has 84 valence electrons. The van der Waals surface area contributed by atoms with E-state index in [2.05, 4.69) is 5.10 Å². The maximum atomic E-state index is 13.6. The van der Waals surface area contributed by atoms with E-state index in [1.54, 1.807) is 6.20 Å². The zero-order chi connectivity index (χ0) is 11.7. The lowest BCUT2D eigenvalue weighted by Gasteiger charge is -2.06. The monoisotopic (exact) mass is 354 g/mol. The van der Waals surface area contributed by atoms with Gasteiger partial charge in [-0.25, -0.2) is 13.5 Å². The molecule has 16 heavy (non-hydrogen) atoms. The Morgan fingerprint density at radius 2 is 1.94 bits per heavy atom. The van der Waals surface area contributed by atoms with Gasteiger partial charge in [-0.3, -0.25) is 0 Å². The average Bonchev–Trinajstić information content (AvgIpc) is 2.63. The molecule has 0 unspecified atom stereocenters. The Morgan fingerprint density at radius 3 is 2.38 bits per heavy atom. The summed E-state index contributed by atoms with van der Waals surface area (Å²) in [5.74, 6) is -1.27. The van der Waals surface area contributed by atoms with Crippen LogP contribution in [-0.4, -0.2) is 9.78 Å². The Balaban J connectivity index is 2.57. The molecule has 2 aromatic rings. The van der Waals surface area contributed by atoms with Crippen LogP contribution in [0.1, 0.15) is 5.56 Å². The van der Waals surface area contributed by atoms with Gasteiger partial charge >= 0.3 is 0 Å². The van der Waals surface area contributed by atoms with Crippen molar-refractivity contribution in [2.75, 3.05) is 0 Å². The van der Waals surface area contributed by atoms with Crippen molar-refractivity contribution in [2.24, 2.45) is 0 Å². The minimum Gasteiger partial charge on any atom is -0.234 e. The molecule has 0 amide bonds. The van der Waals surface area contributed by atoms with Crippen LogP contribution in [0.3, 0.4) is 0 Å². The number of rotatable bonds is 2. The number of alkyl halides is 1. The number of benzene rings is 1. The van der Waals surface area contributed by atoms with E-state index in [1.807, 2.05) is 22.6 Å². The lowest BCUT2D eigenvalue weighted by molar-refractivity contribution is 0.558. The summed E-state index contributed by atoms with van der Waals surface area (Å²) in [5, 5.41) is 3.86. The zero-order valence-corrected chi connectivity index (χ0v) is 10.8. The van der Waals surface area contributed by atoms with E-state index in [4.69, 9.17) is 11.6 Å². The molecular formula is C10H6ClF2IN2. The molecule has 2 nitrogen and oxygen atoms in total. The first-order chi connectivity index (χ1) is 7.61. The Bertz CT molecular complexity index is 504. The second kappa shape index (κ2) is 4.67. The fourth-order valence-electron chi connectivity index (χ4n) is 1.34. The number of hydrogen-bond donors (Lipinski definition) is 0. The molecule has 1 heterocycles. The predicted octanol–water partition coefficient (Wildman–Crippen LogP) is 3.49. The second-order valence-electron chi connectivity index (χ2n) is 3.14. The van der Waals surface area contributed by atoms with Gasteiger partial charge in [0.2, 0.25) is 0 Å². The van der Waals surface area contributed by atoms with Gasteiger partial charge in [0.1, 0.15) is 5.69 Å². The Kier molecular flexibility index (Phi) is 3.44. The van der Waals surface area contributed by atoms with Crippen LogP contribution in [0.4, 0.5) is 8.78 Å². The topological polar surface area (TPSA) is 17.8 Å².